The Hall–Kier alpha value is -1.76. The van der Waals surface area contributed by atoms with Gasteiger partial charge in [0.2, 0.25) is 5.91 Å². The molecule has 2 aliphatic rings. The number of aryl methyl sites for hydroxylation is 1. The van der Waals surface area contributed by atoms with E-state index in [-0.39, 0.29) is 23.4 Å². The van der Waals surface area contributed by atoms with Gasteiger partial charge in [0.05, 0.1) is 5.39 Å². The monoisotopic (exact) mass is 374 g/mol. The average molecular weight is 375 g/mol. The van der Waals surface area contributed by atoms with E-state index in [1.807, 2.05) is 4.90 Å². The molecule has 1 aliphatic carbocycles. The van der Waals surface area contributed by atoms with Gasteiger partial charge in [-0.15, -0.1) is 16.4 Å². The first kappa shape index (κ1) is 17.6. The van der Waals surface area contributed by atoms with Crippen molar-refractivity contribution < 1.29 is 4.79 Å². The molecule has 1 aliphatic heterocycles. The summed E-state index contributed by atoms with van der Waals surface area (Å²) in [7, 11) is 0. The van der Waals surface area contributed by atoms with Crippen molar-refractivity contribution in [3.63, 3.8) is 0 Å². The molecular weight excluding hydrogens is 348 g/mol. The van der Waals surface area contributed by atoms with E-state index in [4.69, 9.17) is 0 Å². The molecule has 0 aromatic carbocycles. The Morgan fingerprint density at radius 1 is 1.27 bits per heavy atom. The lowest BCUT2D eigenvalue weighted by atomic mass is 9.72. The van der Waals surface area contributed by atoms with E-state index in [2.05, 4.69) is 31.1 Å². The highest BCUT2D eigenvalue weighted by atomic mass is 32.1. The topological polar surface area (TPSA) is 68.1 Å². The molecule has 1 atom stereocenters. The molecule has 0 spiro atoms. The summed E-state index contributed by atoms with van der Waals surface area (Å²) >= 11 is 1.60. The zero-order valence-corrected chi connectivity index (χ0v) is 16.6. The minimum atomic E-state index is -0.158. The molecule has 26 heavy (non-hydrogen) atoms. The van der Waals surface area contributed by atoms with Crippen LogP contribution in [0.3, 0.4) is 0 Å². The summed E-state index contributed by atoms with van der Waals surface area (Å²) in [4.78, 5) is 29.2. The van der Waals surface area contributed by atoms with E-state index in [1.165, 1.54) is 9.56 Å². The molecular formula is C19H26N4O2S. The Labute approximate surface area is 157 Å². The third kappa shape index (κ3) is 3.06. The van der Waals surface area contributed by atoms with Crippen LogP contribution >= 0.6 is 11.3 Å². The van der Waals surface area contributed by atoms with Crippen LogP contribution in [-0.2, 0) is 24.2 Å². The molecule has 7 heteroatoms. The first-order valence-electron chi connectivity index (χ1n) is 9.50. The smallest absolute Gasteiger partial charge is 0.279 e. The largest absolute Gasteiger partial charge is 0.341 e. The normalized spacial score (nSPS) is 20.6. The van der Waals surface area contributed by atoms with E-state index in [1.54, 1.807) is 11.3 Å². The second-order valence-corrected chi connectivity index (χ2v) is 9.71. The lowest BCUT2D eigenvalue weighted by Crippen LogP contribution is -2.36. The maximum atomic E-state index is 13.0. The van der Waals surface area contributed by atoms with Gasteiger partial charge in [-0.05, 0) is 49.0 Å². The molecule has 1 amide bonds. The van der Waals surface area contributed by atoms with Gasteiger partial charge in [-0.2, -0.15) is 0 Å². The lowest BCUT2D eigenvalue weighted by molar-refractivity contribution is -0.131. The van der Waals surface area contributed by atoms with Crippen LogP contribution in [0.4, 0.5) is 0 Å². The molecule has 6 nitrogen and oxygen atoms in total. The molecule has 2 aromatic rings. The fraction of sp³-hybridized carbons (Fsp3) is 0.684. The van der Waals surface area contributed by atoms with Crippen molar-refractivity contribution >= 4 is 27.5 Å². The van der Waals surface area contributed by atoms with Gasteiger partial charge in [-0.3, -0.25) is 9.59 Å². The molecule has 140 valence electrons. The quantitative estimate of drug-likeness (QED) is 0.810. The molecule has 1 saturated heterocycles. The number of likely N-dealkylation sites (tertiary alicyclic amines) is 1. The van der Waals surface area contributed by atoms with E-state index in [0.29, 0.717) is 11.3 Å². The van der Waals surface area contributed by atoms with Crippen LogP contribution in [0.2, 0.25) is 0 Å². The number of rotatable bonds is 2. The standard InChI is InChI=1S/C19H26N4O2S/c1-19(2,3)12-6-7-13-14(10-12)26-17-16(13)18(25)23(21-20-17)11-15(24)22-8-4-5-9-22/h12H,4-11H2,1-3H3/t12-/m1/s1. The molecule has 3 heterocycles. The Kier molecular flexibility index (Phi) is 4.37. The summed E-state index contributed by atoms with van der Waals surface area (Å²) in [5, 5.41) is 9.02. The molecule has 0 N–H and O–H groups in total. The van der Waals surface area contributed by atoms with E-state index >= 15 is 0 Å². The van der Waals surface area contributed by atoms with Gasteiger partial charge >= 0.3 is 0 Å². The molecule has 4 rings (SSSR count). The third-order valence-corrected chi connectivity index (χ3v) is 7.05. The maximum absolute atomic E-state index is 13.0. The van der Waals surface area contributed by atoms with Gasteiger partial charge in [0, 0.05) is 18.0 Å². The highest BCUT2D eigenvalue weighted by Crippen LogP contribution is 2.41. The van der Waals surface area contributed by atoms with Crippen molar-refractivity contribution in [2.24, 2.45) is 11.3 Å². The molecule has 1 fully saturated rings. The number of aromatic nitrogens is 3. The van der Waals surface area contributed by atoms with Crippen molar-refractivity contribution in [3.05, 3.63) is 20.8 Å². The first-order valence-corrected chi connectivity index (χ1v) is 10.3. The number of thiophene rings is 1. The zero-order valence-electron chi connectivity index (χ0n) is 15.7. The SMILES string of the molecule is CC(C)(C)[C@@H]1CCc2c(sc3nnn(CC(=O)N4CCCC4)c(=O)c23)C1. The van der Waals surface area contributed by atoms with E-state index in [0.717, 1.165) is 55.6 Å². The van der Waals surface area contributed by atoms with Crippen LogP contribution in [0.1, 0.15) is 50.5 Å². The molecule has 0 saturated carbocycles. The van der Waals surface area contributed by atoms with Crippen LogP contribution in [-0.4, -0.2) is 38.9 Å². The summed E-state index contributed by atoms with van der Waals surface area (Å²) in [5.74, 6) is 0.588. The van der Waals surface area contributed by atoms with Crippen LogP contribution in [0, 0.1) is 11.3 Å². The number of carbonyl (C=O) groups excluding carboxylic acids is 1. The van der Waals surface area contributed by atoms with Gasteiger partial charge in [-0.1, -0.05) is 26.0 Å². The molecule has 2 aromatic heterocycles. The number of carbonyl (C=O) groups is 1. The van der Waals surface area contributed by atoms with Gasteiger partial charge < -0.3 is 4.90 Å². The minimum absolute atomic E-state index is 0.00297. The summed E-state index contributed by atoms with van der Waals surface area (Å²) in [5.41, 5.74) is 1.25. The number of hydrogen-bond acceptors (Lipinski definition) is 5. The van der Waals surface area contributed by atoms with E-state index < -0.39 is 0 Å². The fourth-order valence-corrected chi connectivity index (χ4v) is 5.40. The maximum Gasteiger partial charge on any atom is 0.279 e. The minimum Gasteiger partial charge on any atom is -0.341 e. The van der Waals surface area contributed by atoms with Crippen molar-refractivity contribution in [2.45, 2.75) is 59.4 Å². The fourth-order valence-electron chi connectivity index (χ4n) is 4.16. The number of fused-ring (bicyclic) bond motifs is 3. The lowest BCUT2D eigenvalue weighted by Gasteiger charge is -2.33. The van der Waals surface area contributed by atoms with Crippen LogP contribution in [0.15, 0.2) is 4.79 Å². The number of nitrogens with zero attached hydrogens (tertiary/aromatic N) is 4. The van der Waals surface area contributed by atoms with E-state index in [9.17, 15) is 9.59 Å². The predicted molar refractivity (Wildman–Crippen MR) is 102 cm³/mol. The first-order chi connectivity index (χ1) is 12.3. The van der Waals surface area contributed by atoms with Crippen molar-refractivity contribution in [1.29, 1.82) is 0 Å². The predicted octanol–water partition coefficient (Wildman–Crippen LogP) is 2.63. The summed E-state index contributed by atoms with van der Waals surface area (Å²) in [6.45, 7) is 8.42. The van der Waals surface area contributed by atoms with Gasteiger partial charge in [0.15, 0.2) is 4.83 Å². The van der Waals surface area contributed by atoms with Crippen molar-refractivity contribution in [1.82, 2.24) is 19.9 Å². The zero-order chi connectivity index (χ0) is 18.5. The van der Waals surface area contributed by atoms with Crippen molar-refractivity contribution in [3.8, 4) is 0 Å². The Morgan fingerprint density at radius 2 is 2.00 bits per heavy atom. The number of hydrogen-bond donors (Lipinski definition) is 0. The Morgan fingerprint density at radius 3 is 2.69 bits per heavy atom. The molecule has 0 radical (unpaired) electrons. The summed E-state index contributed by atoms with van der Waals surface area (Å²) < 4.78 is 1.26. The summed E-state index contributed by atoms with van der Waals surface area (Å²) in [6, 6.07) is 0. The van der Waals surface area contributed by atoms with Crippen LogP contribution < -0.4 is 5.56 Å². The van der Waals surface area contributed by atoms with Gasteiger partial charge in [0.25, 0.3) is 5.56 Å². The second-order valence-electron chi connectivity index (χ2n) is 8.63. The second kappa shape index (κ2) is 6.44. The third-order valence-electron chi connectivity index (χ3n) is 5.91. The van der Waals surface area contributed by atoms with Crippen LogP contribution in [0.5, 0.6) is 0 Å². The average Bonchev–Trinajstić information content (AvgIpc) is 3.23. The highest BCUT2D eigenvalue weighted by molar-refractivity contribution is 7.18. The Balaban J connectivity index is 1.66. The van der Waals surface area contributed by atoms with Crippen LogP contribution in [0.25, 0.3) is 10.2 Å². The van der Waals surface area contributed by atoms with Gasteiger partial charge in [-0.25, -0.2) is 4.68 Å². The molecule has 0 bridgehead atoms. The highest BCUT2D eigenvalue weighted by Gasteiger charge is 2.32. The molecule has 0 unspecified atom stereocenters. The summed E-state index contributed by atoms with van der Waals surface area (Å²) in [6.07, 6.45) is 5.09. The Bertz CT molecular complexity index is 903. The number of amides is 1. The van der Waals surface area contributed by atoms with Crippen molar-refractivity contribution in [2.75, 3.05) is 13.1 Å². The van der Waals surface area contributed by atoms with Gasteiger partial charge in [0.1, 0.15) is 6.54 Å².